The summed E-state index contributed by atoms with van der Waals surface area (Å²) in [4.78, 5) is 11.0. The van der Waals surface area contributed by atoms with Crippen LogP contribution in [0.4, 0.5) is 0 Å². The van der Waals surface area contributed by atoms with E-state index >= 15 is 0 Å². The van der Waals surface area contributed by atoms with Gasteiger partial charge in [-0.3, -0.25) is 4.79 Å². The number of amides is 1. The Labute approximate surface area is 107 Å². The van der Waals surface area contributed by atoms with Gasteiger partial charge < -0.3 is 11.1 Å². The van der Waals surface area contributed by atoms with Crippen molar-refractivity contribution in [2.45, 2.75) is 6.04 Å². The van der Waals surface area contributed by atoms with Crippen LogP contribution in [0.25, 0.3) is 0 Å². The fraction of sp³-hybridized carbons (Fsp3) is 0.133. The van der Waals surface area contributed by atoms with Crippen molar-refractivity contribution >= 4 is 5.91 Å². The highest BCUT2D eigenvalue weighted by atomic mass is 16.1. The Morgan fingerprint density at radius 1 is 1.00 bits per heavy atom. The third-order valence-electron chi connectivity index (χ3n) is 2.95. The molecule has 2 aromatic carbocycles. The maximum atomic E-state index is 11.0. The molecule has 1 unspecified atom stereocenters. The van der Waals surface area contributed by atoms with Gasteiger partial charge in [0.2, 0.25) is 5.91 Å². The van der Waals surface area contributed by atoms with Crippen LogP contribution < -0.4 is 11.1 Å². The fourth-order valence-electron chi connectivity index (χ4n) is 2.01. The van der Waals surface area contributed by atoms with Crippen LogP contribution in [0, 0.1) is 0 Å². The number of carbonyl (C=O) groups excluding carboxylic acids is 1. The minimum absolute atomic E-state index is 0.119. The lowest BCUT2D eigenvalue weighted by Gasteiger charge is -2.17. The van der Waals surface area contributed by atoms with Crippen molar-refractivity contribution in [3.8, 4) is 0 Å². The zero-order chi connectivity index (χ0) is 13.0. The molecular weight excluding hydrogens is 224 g/mol. The van der Waals surface area contributed by atoms with E-state index in [0.717, 1.165) is 5.56 Å². The summed E-state index contributed by atoms with van der Waals surface area (Å²) < 4.78 is 0. The number of rotatable bonds is 4. The molecule has 0 saturated heterocycles. The topological polar surface area (TPSA) is 55.1 Å². The van der Waals surface area contributed by atoms with Crippen molar-refractivity contribution in [2.24, 2.45) is 5.73 Å². The summed E-state index contributed by atoms with van der Waals surface area (Å²) in [7, 11) is 1.92. The fourth-order valence-corrected chi connectivity index (χ4v) is 2.01. The molecule has 3 heteroatoms. The molecule has 2 aromatic rings. The summed E-state index contributed by atoms with van der Waals surface area (Å²) in [6.45, 7) is 0. The molecule has 0 aliphatic rings. The van der Waals surface area contributed by atoms with Crippen LogP contribution >= 0.6 is 0 Å². The molecule has 0 spiro atoms. The molecular formula is C15H16N2O. The van der Waals surface area contributed by atoms with Crippen LogP contribution in [0.2, 0.25) is 0 Å². The van der Waals surface area contributed by atoms with E-state index in [4.69, 9.17) is 5.73 Å². The van der Waals surface area contributed by atoms with Gasteiger partial charge in [-0.05, 0) is 30.3 Å². The molecule has 0 fully saturated rings. The van der Waals surface area contributed by atoms with E-state index in [9.17, 15) is 4.79 Å². The highest BCUT2D eigenvalue weighted by Crippen LogP contribution is 2.21. The van der Waals surface area contributed by atoms with E-state index < -0.39 is 5.91 Å². The van der Waals surface area contributed by atoms with Crippen LogP contribution in [-0.2, 0) is 0 Å². The second kappa shape index (κ2) is 5.47. The standard InChI is InChI=1S/C15H16N2O/c1-17-14(11-5-3-2-4-6-11)12-7-9-13(10-8-12)15(16)18/h2-10,14,17H,1H3,(H2,16,18). The zero-order valence-electron chi connectivity index (χ0n) is 10.3. The Hall–Kier alpha value is -2.13. The molecule has 0 heterocycles. The molecule has 3 nitrogen and oxygen atoms in total. The molecule has 0 radical (unpaired) electrons. The number of nitrogens with two attached hydrogens (primary N) is 1. The van der Waals surface area contributed by atoms with E-state index in [0.29, 0.717) is 5.56 Å². The zero-order valence-corrected chi connectivity index (χ0v) is 10.3. The van der Waals surface area contributed by atoms with Gasteiger partial charge in [-0.1, -0.05) is 42.5 Å². The third-order valence-corrected chi connectivity index (χ3v) is 2.95. The molecule has 0 aliphatic heterocycles. The van der Waals surface area contributed by atoms with E-state index in [1.165, 1.54) is 5.56 Å². The van der Waals surface area contributed by atoms with Crippen molar-refractivity contribution in [1.29, 1.82) is 0 Å². The first-order valence-electron chi connectivity index (χ1n) is 5.84. The molecule has 1 amide bonds. The number of nitrogens with one attached hydrogen (secondary N) is 1. The van der Waals surface area contributed by atoms with Gasteiger partial charge in [0.05, 0.1) is 6.04 Å². The Bertz CT molecular complexity index is 520. The van der Waals surface area contributed by atoms with Gasteiger partial charge in [0, 0.05) is 5.56 Å². The molecule has 0 aromatic heterocycles. The summed E-state index contributed by atoms with van der Waals surface area (Å²) in [5.74, 6) is -0.401. The van der Waals surface area contributed by atoms with Gasteiger partial charge in [-0.2, -0.15) is 0 Å². The van der Waals surface area contributed by atoms with Crippen molar-refractivity contribution in [3.05, 3.63) is 71.3 Å². The van der Waals surface area contributed by atoms with Gasteiger partial charge in [-0.25, -0.2) is 0 Å². The Morgan fingerprint density at radius 3 is 2.06 bits per heavy atom. The van der Waals surface area contributed by atoms with Crippen LogP contribution in [0.15, 0.2) is 54.6 Å². The molecule has 92 valence electrons. The maximum absolute atomic E-state index is 11.0. The molecule has 1 atom stereocenters. The van der Waals surface area contributed by atoms with Crippen LogP contribution in [0.3, 0.4) is 0 Å². The molecule has 0 saturated carbocycles. The quantitative estimate of drug-likeness (QED) is 0.859. The van der Waals surface area contributed by atoms with Crippen molar-refractivity contribution in [2.75, 3.05) is 7.05 Å². The number of hydrogen-bond donors (Lipinski definition) is 2. The third kappa shape index (κ3) is 2.57. The smallest absolute Gasteiger partial charge is 0.248 e. The van der Waals surface area contributed by atoms with E-state index in [-0.39, 0.29) is 6.04 Å². The average Bonchev–Trinajstić information content (AvgIpc) is 2.41. The van der Waals surface area contributed by atoms with Gasteiger partial charge in [0.15, 0.2) is 0 Å². The van der Waals surface area contributed by atoms with E-state index in [1.54, 1.807) is 12.1 Å². The number of carbonyl (C=O) groups is 1. The van der Waals surface area contributed by atoms with Gasteiger partial charge in [-0.15, -0.1) is 0 Å². The number of benzene rings is 2. The highest BCUT2D eigenvalue weighted by molar-refractivity contribution is 5.92. The largest absolute Gasteiger partial charge is 0.366 e. The summed E-state index contributed by atoms with van der Waals surface area (Å²) in [5.41, 5.74) is 8.05. The second-order valence-electron chi connectivity index (χ2n) is 4.12. The second-order valence-corrected chi connectivity index (χ2v) is 4.12. The first-order valence-corrected chi connectivity index (χ1v) is 5.84. The SMILES string of the molecule is CNC(c1ccccc1)c1ccc(C(N)=O)cc1. The predicted octanol–water partition coefficient (Wildman–Crippen LogP) is 2.09. The lowest BCUT2D eigenvalue weighted by molar-refractivity contribution is 0.100. The molecule has 18 heavy (non-hydrogen) atoms. The van der Waals surface area contributed by atoms with Gasteiger partial charge in [0.1, 0.15) is 0 Å². The highest BCUT2D eigenvalue weighted by Gasteiger charge is 2.11. The lowest BCUT2D eigenvalue weighted by atomic mass is 9.98. The molecule has 0 aliphatic carbocycles. The predicted molar refractivity (Wildman–Crippen MR) is 72.3 cm³/mol. The molecule has 0 bridgehead atoms. The van der Waals surface area contributed by atoms with Crippen LogP contribution in [0.1, 0.15) is 27.5 Å². The maximum Gasteiger partial charge on any atom is 0.248 e. The average molecular weight is 240 g/mol. The summed E-state index contributed by atoms with van der Waals surface area (Å²) in [6, 6.07) is 17.6. The van der Waals surface area contributed by atoms with Crippen molar-refractivity contribution in [3.63, 3.8) is 0 Å². The monoisotopic (exact) mass is 240 g/mol. The summed E-state index contributed by atoms with van der Waals surface area (Å²) >= 11 is 0. The lowest BCUT2D eigenvalue weighted by Crippen LogP contribution is -2.18. The summed E-state index contributed by atoms with van der Waals surface area (Å²) in [6.07, 6.45) is 0. The van der Waals surface area contributed by atoms with E-state index in [1.807, 2.05) is 37.4 Å². The minimum Gasteiger partial charge on any atom is -0.366 e. The minimum atomic E-state index is -0.401. The number of hydrogen-bond acceptors (Lipinski definition) is 2. The molecule has 2 rings (SSSR count). The Kier molecular flexibility index (Phi) is 3.75. The van der Waals surface area contributed by atoms with Gasteiger partial charge >= 0.3 is 0 Å². The Morgan fingerprint density at radius 2 is 1.56 bits per heavy atom. The van der Waals surface area contributed by atoms with Gasteiger partial charge in [0.25, 0.3) is 0 Å². The number of primary amides is 1. The van der Waals surface area contributed by atoms with Crippen LogP contribution in [-0.4, -0.2) is 13.0 Å². The normalized spacial score (nSPS) is 12.1. The first-order chi connectivity index (χ1) is 8.72. The van der Waals surface area contributed by atoms with Crippen molar-refractivity contribution < 1.29 is 4.79 Å². The Balaban J connectivity index is 2.31. The first kappa shape index (κ1) is 12.3. The summed E-state index contributed by atoms with van der Waals surface area (Å²) in [5, 5.41) is 3.27. The molecule has 3 N–H and O–H groups in total. The van der Waals surface area contributed by atoms with E-state index in [2.05, 4.69) is 17.4 Å². The van der Waals surface area contributed by atoms with Crippen molar-refractivity contribution in [1.82, 2.24) is 5.32 Å². The van der Waals surface area contributed by atoms with Crippen LogP contribution in [0.5, 0.6) is 0 Å².